The summed E-state index contributed by atoms with van der Waals surface area (Å²) in [6.07, 6.45) is 3.36. The molecule has 0 N–H and O–H groups in total. The minimum absolute atomic E-state index is 0.0648. The van der Waals surface area contributed by atoms with Crippen molar-refractivity contribution in [2.24, 2.45) is 0 Å². The van der Waals surface area contributed by atoms with E-state index in [1.54, 1.807) is 12.2 Å². The Morgan fingerprint density at radius 2 is 1.44 bits per heavy atom. The maximum Gasteiger partial charge on any atom is 0.185 e. The van der Waals surface area contributed by atoms with Crippen LogP contribution in [-0.4, -0.2) is 5.78 Å². The summed E-state index contributed by atoms with van der Waals surface area (Å²) in [5.41, 5.74) is 2.38. The average molecular weight is 234 g/mol. The largest absolute Gasteiger partial charge is 0.289 e. The van der Waals surface area contributed by atoms with Crippen LogP contribution in [0, 0.1) is 0 Å². The van der Waals surface area contributed by atoms with Crippen molar-refractivity contribution < 1.29 is 4.79 Å². The van der Waals surface area contributed by atoms with Gasteiger partial charge in [-0.1, -0.05) is 73.3 Å². The lowest BCUT2D eigenvalue weighted by Gasteiger charge is -2.00. The zero-order chi connectivity index (χ0) is 12.8. The van der Waals surface area contributed by atoms with Crippen LogP contribution in [0.5, 0.6) is 0 Å². The molecule has 0 aliphatic heterocycles. The molecule has 0 aliphatic carbocycles. The van der Waals surface area contributed by atoms with Crippen molar-refractivity contribution in [2.75, 3.05) is 0 Å². The number of benzene rings is 2. The first-order valence-electron chi connectivity index (χ1n) is 5.79. The second-order valence-electron chi connectivity index (χ2n) is 3.95. The van der Waals surface area contributed by atoms with Gasteiger partial charge in [-0.3, -0.25) is 4.79 Å². The molecule has 0 bridgehead atoms. The van der Waals surface area contributed by atoms with Crippen molar-refractivity contribution in [3.63, 3.8) is 0 Å². The van der Waals surface area contributed by atoms with Gasteiger partial charge in [-0.25, -0.2) is 0 Å². The SMILES string of the molecule is C=C(C(=O)/C=C/c1ccccc1)c1ccccc1. The Bertz CT molecular complexity index is 565. The third-order valence-corrected chi connectivity index (χ3v) is 2.65. The molecule has 88 valence electrons. The quantitative estimate of drug-likeness (QED) is 0.731. The Hall–Kier alpha value is -2.41. The number of hydrogen-bond acceptors (Lipinski definition) is 1. The van der Waals surface area contributed by atoms with Crippen molar-refractivity contribution in [2.45, 2.75) is 0 Å². The first-order chi connectivity index (χ1) is 8.77. The van der Waals surface area contributed by atoms with Gasteiger partial charge in [0.05, 0.1) is 0 Å². The molecule has 0 saturated carbocycles. The summed E-state index contributed by atoms with van der Waals surface area (Å²) in [6, 6.07) is 19.2. The van der Waals surface area contributed by atoms with Gasteiger partial charge in [-0.05, 0) is 17.2 Å². The van der Waals surface area contributed by atoms with Gasteiger partial charge < -0.3 is 0 Å². The number of hydrogen-bond donors (Lipinski definition) is 0. The van der Waals surface area contributed by atoms with Gasteiger partial charge in [0.1, 0.15) is 0 Å². The van der Waals surface area contributed by atoms with Gasteiger partial charge in [0, 0.05) is 5.57 Å². The highest BCUT2D eigenvalue weighted by Gasteiger charge is 2.04. The van der Waals surface area contributed by atoms with Gasteiger partial charge >= 0.3 is 0 Å². The highest BCUT2D eigenvalue weighted by Crippen LogP contribution is 2.14. The van der Waals surface area contributed by atoms with E-state index in [1.165, 1.54) is 0 Å². The third-order valence-electron chi connectivity index (χ3n) is 2.65. The molecular weight excluding hydrogens is 220 g/mol. The van der Waals surface area contributed by atoms with E-state index in [1.807, 2.05) is 60.7 Å². The molecule has 1 heteroatoms. The summed E-state index contributed by atoms with van der Waals surface area (Å²) in [5.74, 6) is -0.0648. The molecule has 18 heavy (non-hydrogen) atoms. The lowest BCUT2D eigenvalue weighted by atomic mass is 10.0. The molecule has 0 aliphatic rings. The van der Waals surface area contributed by atoms with Crippen LogP contribution in [-0.2, 0) is 4.79 Å². The zero-order valence-corrected chi connectivity index (χ0v) is 10.0. The molecule has 0 atom stereocenters. The fourth-order valence-corrected chi connectivity index (χ4v) is 1.62. The molecule has 0 radical (unpaired) electrons. The molecule has 2 aromatic carbocycles. The predicted molar refractivity (Wildman–Crippen MR) is 76.0 cm³/mol. The lowest BCUT2D eigenvalue weighted by Crippen LogP contribution is -1.95. The highest BCUT2D eigenvalue weighted by atomic mass is 16.1. The summed E-state index contributed by atoms with van der Waals surface area (Å²) >= 11 is 0. The van der Waals surface area contributed by atoms with Gasteiger partial charge in [0.15, 0.2) is 5.78 Å². The van der Waals surface area contributed by atoms with E-state index < -0.39 is 0 Å². The monoisotopic (exact) mass is 234 g/mol. The van der Waals surface area contributed by atoms with E-state index in [0.717, 1.165) is 11.1 Å². The fraction of sp³-hybridized carbons (Fsp3) is 0. The average Bonchev–Trinajstić information content (AvgIpc) is 2.46. The topological polar surface area (TPSA) is 17.1 Å². The summed E-state index contributed by atoms with van der Waals surface area (Å²) < 4.78 is 0. The standard InChI is InChI=1S/C17H14O/c1-14(16-10-6-3-7-11-16)17(18)13-12-15-8-4-2-5-9-15/h2-13H,1H2/b13-12+. The molecule has 0 amide bonds. The van der Waals surface area contributed by atoms with Crippen molar-refractivity contribution in [3.8, 4) is 0 Å². The first-order valence-corrected chi connectivity index (χ1v) is 5.79. The Labute approximate surface area is 107 Å². The van der Waals surface area contributed by atoms with E-state index in [2.05, 4.69) is 6.58 Å². The highest BCUT2D eigenvalue weighted by molar-refractivity contribution is 6.26. The second-order valence-corrected chi connectivity index (χ2v) is 3.95. The molecular formula is C17H14O. The lowest BCUT2D eigenvalue weighted by molar-refractivity contribution is -0.109. The van der Waals surface area contributed by atoms with Crippen LogP contribution in [0.2, 0.25) is 0 Å². The molecule has 1 nitrogen and oxygen atoms in total. The van der Waals surface area contributed by atoms with Crippen LogP contribution >= 0.6 is 0 Å². The Morgan fingerprint density at radius 3 is 2.06 bits per heavy atom. The van der Waals surface area contributed by atoms with Crippen LogP contribution in [0.1, 0.15) is 11.1 Å². The molecule has 0 aromatic heterocycles. The molecule has 0 unspecified atom stereocenters. The van der Waals surface area contributed by atoms with Crippen LogP contribution in [0.3, 0.4) is 0 Å². The predicted octanol–water partition coefficient (Wildman–Crippen LogP) is 3.98. The van der Waals surface area contributed by atoms with E-state index >= 15 is 0 Å². The number of carbonyl (C=O) groups is 1. The molecule has 0 heterocycles. The van der Waals surface area contributed by atoms with Crippen molar-refractivity contribution >= 4 is 17.4 Å². The Morgan fingerprint density at radius 1 is 0.889 bits per heavy atom. The minimum atomic E-state index is -0.0648. The van der Waals surface area contributed by atoms with Gasteiger partial charge in [-0.15, -0.1) is 0 Å². The van der Waals surface area contributed by atoms with E-state index in [9.17, 15) is 4.79 Å². The Balaban J connectivity index is 2.09. The molecule has 0 spiro atoms. The van der Waals surface area contributed by atoms with E-state index in [0.29, 0.717) is 5.57 Å². The van der Waals surface area contributed by atoms with Gasteiger partial charge in [0.25, 0.3) is 0 Å². The van der Waals surface area contributed by atoms with Gasteiger partial charge in [-0.2, -0.15) is 0 Å². The normalized spacial score (nSPS) is 10.4. The zero-order valence-electron chi connectivity index (χ0n) is 10.0. The summed E-state index contributed by atoms with van der Waals surface area (Å²) in [5, 5.41) is 0. The minimum Gasteiger partial charge on any atom is -0.289 e. The van der Waals surface area contributed by atoms with Crippen LogP contribution in [0.25, 0.3) is 11.6 Å². The summed E-state index contributed by atoms with van der Waals surface area (Å²) in [6.45, 7) is 3.84. The van der Waals surface area contributed by atoms with Crippen LogP contribution < -0.4 is 0 Å². The maximum absolute atomic E-state index is 11.9. The van der Waals surface area contributed by atoms with E-state index in [4.69, 9.17) is 0 Å². The van der Waals surface area contributed by atoms with Crippen molar-refractivity contribution in [1.82, 2.24) is 0 Å². The molecule has 2 aromatic rings. The molecule has 2 rings (SSSR count). The molecule has 0 fully saturated rings. The second kappa shape index (κ2) is 5.78. The summed E-state index contributed by atoms with van der Waals surface area (Å²) in [7, 11) is 0. The summed E-state index contributed by atoms with van der Waals surface area (Å²) in [4.78, 5) is 11.9. The fourth-order valence-electron chi connectivity index (χ4n) is 1.62. The molecule has 0 saturated heterocycles. The number of rotatable bonds is 4. The number of allylic oxidation sites excluding steroid dienone is 2. The number of carbonyl (C=O) groups excluding carboxylic acids is 1. The maximum atomic E-state index is 11.9. The number of ketones is 1. The van der Waals surface area contributed by atoms with Crippen LogP contribution in [0.4, 0.5) is 0 Å². The Kier molecular flexibility index (Phi) is 3.87. The first kappa shape index (κ1) is 12.1. The van der Waals surface area contributed by atoms with Crippen LogP contribution in [0.15, 0.2) is 73.3 Å². The van der Waals surface area contributed by atoms with Crippen molar-refractivity contribution in [3.05, 3.63) is 84.4 Å². The van der Waals surface area contributed by atoms with E-state index in [-0.39, 0.29) is 5.78 Å². The van der Waals surface area contributed by atoms with Gasteiger partial charge in [0.2, 0.25) is 0 Å². The third kappa shape index (κ3) is 3.05. The van der Waals surface area contributed by atoms with Crippen molar-refractivity contribution in [1.29, 1.82) is 0 Å². The smallest absolute Gasteiger partial charge is 0.185 e.